The lowest BCUT2D eigenvalue weighted by Gasteiger charge is -2.28. The summed E-state index contributed by atoms with van der Waals surface area (Å²) in [5.74, 6) is 0. The van der Waals surface area contributed by atoms with Crippen molar-refractivity contribution < 1.29 is 18.3 Å². The summed E-state index contributed by atoms with van der Waals surface area (Å²) >= 11 is 0. The summed E-state index contributed by atoms with van der Waals surface area (Å²) in [5.41, 5.74) is -0.439. The number of hydrogen-bond acceptors (Lipinski definition) is 2. The largest absolute Gasteiger partial charge is 0.394 e. The van der Waals surface area contributed by atoms with Gasteiger partial charge in [0.15, 0.2) is 0 Å². The third-order valence-corrected chi connectivity index (χ3v) is 2.77. The van der Waals surface area contributed by atoms with Crippen molar-refractivity contribution in [3.05, 3.63) is 0 Å². The number of alkyl halides is 3. The van der Waals surface area contributed by atoms with Gasteiger partial charge in [-0.25, -0.2) is 0 Å². The highest BCUT2D eigenvalue weighted by molar-refractivity contribution is 4.92. The predicted molar refractivity (Wildman–Crippen MR) is 47.0 cm³/mol. The molecule has 0 unspecified atom stereocenters. The van der Waals surface area contributed by atoms with Crippen LogP contribution in [0, 0.1) is 0 Å². The highest BCUT2D eigenvalue weighted by atomic mass is 19.4. The van der Waals surface area contributed by atoms with E-state index in [-0.39, 0.29) is 13.2 Å². The number of rotatable bonds is 4. The molecular formula is C9H16F3NO. The molecule has 14 heavy (non-hydrogen) atoms. The molecule has 0 radical (unpaired) electrons. The molecule has 0 atom stereocenters. The van der Waals surface area contributed by atoms with E-state index < -0.39 is 18.1 Å². The summed E-state index contributed by atoms with van der Waals surface area (Å²) in [6, 6.07) is 0. The molecule has 0 aromatic rings. The van der Waals surface area contributed by atoms with Gasteiger partial charge in [0.25, 0.3) is 0 Å². The lowest BCUT2D eigenvalue weighted by Crippen LogP contribution is -2.47. The summed E-state index contributed by atoms with van der Waals surface area (Å²) in [6.07, 6.45) is -1.40. The van der Waals surface area contributed by atoms with Crippen molar-refractivity contribution in [2.75, 3.05) is 13.2 Å². The molecule has 0 aromatic carbocycles. The quantitative estimate of drug-likeness (QED) is 0.743. The van der Waals surface area contributed by atoms with Crippen LogP contribution in [0.25, 0.3) is 0 Å². The lowest BCUT2D eigenvalue weighted by molar-refractivity contribution is -0.134. The van der Waals surface area contributed by atoms with Crippen LogP contribution >= 0.6 is 0 Å². The highest BCUT2D eigenvalue weighted by Crippen LogP contribution is 2.29. The van der Waals surface area contributed by atoms with E-state index in [1.807, 2.05) is 0 Å². The molecule has 0 heterocycles. The Morgan fingerprint density at radius 3 is 2.21 bits per heavy atom. The van der Waals surface area contributed by atoms with Gasteiger partial charge in [-0.1, -0.05) is 12.8 Å². The third-order valence-electron chi connectivity index (χ3n) is 2.77. The second kappa shape index (κ2) is 4.49. The van der Waals surface area contributed by atoms with E-state index in [9.17, 15) is 13.2 Å². The maximum absolute atomic E-state index is 11.9. The monoisotopic (exact) mass is 211 g/mol. The van der Waals surface area contributed by atoms with E-state index in [0.29, 0.717) is 0 Å². The van der Waals surface area contributed by atoms with Crippen molar-refractivity contribution in [2.45, 2.75) is 43.8 Å². The van der Waals surface area contributed by atoms with E-state index in [1.54, 1.807) is 0 Å². The van der Waals surface area contributed by atoms with Gasteiger partial charge in [-0.15, -0.1) is 0 Å². The van der Waals surface area contributed by atoms with Gasteiger partial charge < -0.3 is 10.4 Å². The van der Waals surface area contributed by atoms with Crippen LogP contribution in [0.15, 0.2) is 0 Å². The second-order valence-electron chi connectivity index (χ2n) is 3.94. The smallest absolute Gasteiger partial charge is 0.390 e. The molecule has 84 valence electrons. The number of aliphatic hydroxyl groups is 1. The van der Waals surface area contributed by atoms with Crippen LogP contribution in [0.2, 0.25) is 0 Å². The molecular weight excluding hydrogens is 195 g/mol. The summed E-state index contributed by atoms with van der Waals surface area (Å²) in [5, 5.41) is 11.9. The first-order valence-electron chi connectivity index (χ1n) is 4.90. The first kappa shape index (κ1) is 11.8. The van der Waals surface area contributed by atoms with Crippen LogP contribution in [0.3, 0.4) is 0 Å². The molecule has 0 aliphatic heterocycles. The van der Waals surface area contributed by atoms with Gasteiger partial charge in [-0.2, -0.15) is 13.2 Å². The maximum Gasteiger partial charge on any atom is 0.390 e. The Hall–Kier alpha value is -0.290. The van der Waals surface area contributed by atoms with E-state index in [1.165, 1.54) is 0 Å². The molecule has 2 N–H and O–H groups in total. The molecule has 1 aliphatic carbocycles. The number of aliphatic hydroxyl groups excluding tert-OH is 1. The summed E-state index contributed by atoms with van der Waals surface area (Å²) in [6.45, 7) is -0.158. The average Bonchev–Trinajstić information content (AvgIpc) is 2.52. The van der Waals surface area contributed by atoms with Gasteiger partial charge in [-0.3, -0.25) is 0 Å². The van der Waals surface area contributed by atoms with Crippen molar-refractivity contribution in [2.24, 2.45) is 0 Å². The SMILES string of the molecule is OCC1(NCCC(F)(F)F)CCCC1. The van der Waals surface area contributed by atoms with Crippen LogP contribution < -0.4 is 5.32 Å². The molecule has 0 aromatic heterocycles. The second-order valence-corrected chi connectivity index (χ2v) is 3.94. The van der Waals surface area contributed by atoms with Gasteiger partial charge in [0, 0.05) is 12.1 Å². The molecule has 0 spiro atoms. The molecule has 2 nitrogen and oxygen atoms in total. The van der Waals surface area contributed by atoms with Gasteiger partial charge in [-0.05, 0) is 12.8 Å². The molecule has 1 saturated carbocycles. The van der Waals surface area contributed by atoms with Crippen molar-refractivity contribution >= 4 is 0 Å². The molecule has 1 aliphatic rings. The number of nitrogens with one attached hydrogen (secondary N) is 1. The van der Waals surface area contributed by atoms with Crippen molar-refractivity contribution in [1.82, 2.24) is 5.32 Å². The van der Waals surface area contributed by atoms with Gasteiger partial charge >= 0.3 is 6.18 Å². The fourth-order valence-corrected chi connectivity index (χ4v) is 1.91. The molecule has 0 bridgehead atoms. The Bertz CT molecular complexity index is 175. The normalized spacial score (nSPS) is 21.4. The molecule has 0 amide bonds. The Morgan fingerprint density at radius 2 is 1.79 bits per heavy atom. The average molecular weight is 211 g/mol. The Balaban J connectivity index is 2.28. The van der Waals surface area contributed by atoms with Crippen LogP contribution in [0.1, 0.15) is 32.1 Å². The zero-order chi connectivity index (χ0) is 10.7. The first-order valence-corrected chi connectivity index (χ1v) is 4.90. The van der Waals surface area contributed by atoms with Crippen LogP contribution in [0.5, 0.6) is 0 Å². The minimum absolute atomic E-state index is 0.0646. The minimum Gasteiger partial charge on any atom is -0.394 e. The van der Waals surface area contributed by atoms with Crippen LogP contribution in [0.4, 0.5) is 13.2 Å². The van der Waals surface area contributed by atoms with Crippen LogP contribution in [-0.4, -0.2) is 30.0 Å². The van der Waals surface area contributed by atoms with Crippen molar-refractivity contribution in [3.63, 3.8) is 0 Å². The zero-order valence-electron chi connectivity index (χ0n) is 8.03. The van der Waals surface area contributed by atoms with E-state index in [4.69, 9.17) is 5.11 Å². The lowest BCUT2D eigenvalue weighted by atomic mass is 9.99. The standard InChI is InChI=1S/C9H16F3NO/c10-9(11,12)5-6-13-8(7-14)3-1-2-4-8/h13-14H,1-7H2. The minimum atomic E-state index is -4.11. The predicted octanol–water partition coefficient (Wildman–Crippen LogP) is 1.83. The van der Waals surface area contributed by atoms with Crippen LogP contribution in [-0.2, 0) is 0 Å². The van der Waals surface area contributed by atoms with Gasteiger partial charge in [0.1, 0.15) is 0 Å². The van der Waals surface area contributed by atoms with E-state index >= 15 is 0 Å². The Labute approximate surface area is 81.5 Å². The van der Waals surface area contributed by atoms with Gasteiger partial charge in [0.2, 0.25) is 0 Å². The Morgan fingerprint density at radius 1 is 1.21 bits per heavy atom. The molecule has 0 saturated heterocycles. The van der Waals surface area contributed by atoms with Gasteiger partial charge in [0.05, 0.1) is 13.0 Å². The molecule has 5 heteroatoms. The third kappa shape index (κ3) is 3.46. The fraction of sp³-hybridized carbons (Fsp3) is 1.00. The van der Waals surface area contributed by atoms with Crippen molar-refractivity contribution in [1.29, 1.82) is 0 Å². The summed E-state index contributed by atoms with van der Waals surface area (Å²) < 4.78 is 35.6. The zero-order valence-corrected chi connectivity index (χ0v) is 8.03. The first-order chi connectivity index (χ1) is 6.47. The topological polar surface area (TPSA) is 32.3 Å². The van der Waals surface area contributed by atoms with E-state index in [2.05, 4.69) is 5.32 Å². The fourth-order valence-electron chi connectivity index (χ4n) is 1.91. The number of hydrogen-bond donors (Lipinski definition) is 2. The number of halogens is 3. The molecule has 1 rings (SSSR count). The van der Waals surface area contributed by atoms with Crippen molar-refractivity contribution in [3.8, 4) is 0 Å². The maximum atomic E-state index is 11.9. The Kier molecular flexibility index (Phi) is 3.78. The van der Waals surface area contributed by atoms with E-state index in [0.717, 1.165) is 25.7 Å². The highest BCUT2D eigenvalue weighted by Gasteiger charge is 2.34. The summed E-state index contributed by atoms with van der Waals surface area (Å²) in [7, 11) is 0. The molecule has 1 fully saturated rings. The summed E-state index contributed by atoms with van der Waals surface area (Å²) in [4.78, 5) is 0.